The van der Waals surface area contributed by atoms with Gasteiger partial charge in [-0.1, -0.05) is 73.5 Å². The van der Waals surface area contributed by atoms with E-state index in [0.29, 0.717) is 0 Å². The van der Waals surface area contributed by atoms with Crippen molar-refractivity contribution in [2.45, 2.75) is 32.6 Å². The molecule has 0 spiro atoms. The summed E-state index contributed by atoms with van der Waals surface area (Å²) >= 11 is 0. The molecule has 96 valence electrons. The van der Waals surface area contributed by atoms with Crippen molar-refractivity contribution < 1.29 is 0 Å². The SMILES string of the molecule is CCCCC1=Cc2cccc(-c3ccccc3)c2C1. The van der Waals surface area contributed by atoms with Gasteiger partial charge in [0.15, 0.2) is 0 Å². The zero-order chi connectivity index (χ0) is 13.1. The summed E-state index contributed by atoms with van der Waals surface area (Å²) < 4.78 is 0. The van der Waals surface area contributed by atoms with E-state index >= 15 is 0 Å². The molecule has 0 fully saturated rings. The molecule has 0 radical (unpaired) electrons. The molecule has 0 nitrogen and oxygen atoms in total. The van der Waals surface area contributed by atoms with Crippen molar-refractivity contribution in [3.05, 3.63) is 65.2 Å². The van der Waals surface area contributed by atoms with Crippen LogP contribution in [0, 0.1) is 0 Å². The van der Waals surface area contributed by atoms with Crippen molar-refractivity contribution in [1.82, 2.24) is 0 Å². The molecule has 2 aromatic rings. The van der Waals surface area contributed by atoms with Crippen LogP contribution in [0.25, 0.3) is 17.2 Å². The average molecular weight is 248 g/mol. The molecule has 0 aromatic heterocycles. The molecule has 0 N–H and O–H groups in total. The second-order valence-corrected chi connectivity index (χ2v) is 5.32. The van der Waals surface area contributed by atoms with Gasteiger partial charge in [0.2, 0.25) is 0 Å². The van der Waals surface area contributed by atoms with Crippen molar-refractivity contribution in [3.63, 3.8) is 0 Å². The lowest BCUT2D eigenvalue weighted by Gasteiger charge is -2.09. The van der Waals surface area contributed by atoms with E-state index in [4.69, 9.17) is 0 Å². The Labute approximate surface area is 115 Å². The van der Waals surface area contributed by atoms with Crippen LogP contribution >= 0.6 is 0 Å². The van der Waals surface area contributed by atoms with E-state index in [-0.39, 0.29) is 0 Å². The van der Waals surface area contributed by atoms with Crippen LogP contribution < -0.4 is 0 Å². The van der Waals surface area contributed by atoms with Gasteiger partial charge in [0, 0.05) is 0 Å². The van der Waals surface area contributed by atoms with Crippen LogP contribution in [-0.2, 0) is 6.42 Å². The number of unbranched alkanes of at least 4 members (excludes halogenated alkanes) is 1. The van der Waals surface area contributed by atoms with Gasteiger partial charge in [-0.05, 0) is 41.5 Å². The third-order valence-corrected chi connectivity index (χ3v) is 3.91. The molecule has 19 heavy (non-hydrogen) atoms. The molecule has 0 heteroatoms. The summed E-state index contributed by atoms with van der Waals surface area (Å²) in [6.07, 6.45) is 7.37. The molecular weight excluding hydrogens is 228 g/mol. The monoisotopic (exact) mass is 248 g/mol. The van der Waals surface area contributed by atoms with Crippen molar-refractivity contribution >= 4 is 6.08 Å². The number of rotatable bonds is 4. The molecule has 3 rings (SSSR count). The Morgan fingerprint density at radius 3 is 2.58 bits per heavy atom. The Hall–Kier alpha value is -1.82. The highest BCUT2D eigenvalue weighted by atomic mass is 14.2. The second-order valence-electron chi connectivity index (χ2n) is 5.32. The van der Waals surface area contributed by atoms with Crippen LogP contribution in [0.5, 0.6) is 0 Å². The fourth-order valence-electron chi connectivity index (χ4n) is 2.89. The molecule has 0 aliphatic heterocycles. The summed E-state index contributed by atoms with van der Waals surface area (Å²) in [6, 6.07) is 17.4. The Bertz CT molecular complexity index is 591. The molecule has 0 atom stereocenters. The van der Waals surface area contributed by atoms with Crippen molar-refractivity contribution in [3.8, 4) is 11.1 Å². The number of fused-ring (bicyclic) bond motifs is 1. The highest BCUT2D eigenvalue weighted by Crippen LogP contribution is 2.35. The summed E-state index contributed by atoms with van der Waals surface area (Å²) in [5.74, 6) is 0. The van der Waals surface area contributed by atoms with E-state index in [0.717, 1.165) is 6.42 Å². The first-order valence-electron chi connectivity index (χ1n) is 7.25. The molecule has 0 amide bonds. The van der Waals surface area contributed by atoms with Crippen molar-refractivity contribution in [2.75, 3.05) is 0 Å². The lowest BCUT2D eigenvalue weighted by atomic mass is 9.95. The summed E-state index contributed by atoms with van der Waals surface area (Å²) in [5.41, 5.74) is 7.28. The van der Waals surface area contributed by atoms with Gasteiger partial charge in [-0.3, -0.25) is 0 Å². The van der Waals surface area contributed by atoms with Crippen molar-refractivity contribution in [1.29, 1.82) is 0 Å². The second kappa shape index (κ2) is 5.44. The molecule has 1 aliphatic carbocycles. The summed E-state index contributed by atoms with van der Waals surface area (Å²) in [7, 11) is 0. The first-order chi connectivity index (χ1) is 9.38. The molecule has 0 saturated heterocycles. The predicted octanol–water partition coefficient (Wildman–Crippen LogP) is 5.48. The van der Waals surface area contributed by atoms with E-state index in [1.807, 2.05) is 0 Å². The van der Waals surface area contributed by atoms with Gasteiger partial charge in [-0.2, -0.15) is 0 Å². The fraction of sp³-hybridized carbons (Fsp3) is 0.263. The maximum atomic E-state index is 2.40. The quantitative estimate of drug-likeness (QED) is 0.671. The van der Waals surface area contributed by atoms with Gasteiger partial charge >= 0.3 is 0 Å². The topological polar surface area (TPSA) is 0 Å². The third-order valence-electron chi connectivity index (χ3n) is 3.91. The molecule has 0 saturated carbocycles. The minimum atomic E-state index is 1.14. The van der Waals surface area contributed by atoms with Crippen LogP contribution in [0.4, 0.5) is 0 Å². The molecular formula is C19H20. The number of benzene rings is 2. The molecule has 0 bridgehead atoms. The highest BCUT2D eigenvalue weighted by Gasteiger charge is 2.16. The number of hydrogen-bond donors (Lipinski definition) is 0. The summed E-state index contributed by atoms with van der Waals surface area (Å²) in [4.78, 5) is 0. The molecule has 0 unspecified atom stereocenters. The standard InChI is InChI=1S/C19H20/c1-2-3-8-15-13-17-11-7-12-18(19(17)14-15)16-9-5-4-6-10-16/h4-7,9-13H,2-3,8,14H2,1H3. The Morgan fingerprint density at radius 1 is 0.947 bits per heavy atom. The van der Waals surface area contributed by atoms with E-state index < -0.39 is 0 Å². The Morgan fingerprint density at radius 2 is 1.79 bits per heavy atom. The van der Waals surface area contributed by atoms with Crippen LogP contribution in [0.2, 0.25) is 0 Å². The zero-order valence-electron chi connectivity index (χ0n) is 11.5. The van der Waals surface area contributed by atoms with E-state index in [1.165, 1.54) is 41.5 Å². The molecule has 1 aliphatic rings. The summed E-state index contributed by atoms with van der Waals surface area (Å²) in [5, 5.41) is 0. The minimum absolute atomic E-state index is 1.14. The zero-order valence-corrected chi connectivity index (χ0v) is 11.5. The van der Waals surface area contributed by atoms with Crippen LogP contribution in [0.1, 0.15) is 37.3 Å². The van der Waals surface area contributed by atoms with Crippen LogP contribution in [0.15, 0.2) is 54.1 Å². The van der Waals surface area contributed by atoms with E-state index in [2.05, 4.69) is 61.5 Å². The predicted molar refractivity (Wildman–Crippen MR) is 83.1 cm³/mol. The van der Waals surface area contributed by atoms with E-state index in [9.17, 15) is 0 Å². The van der Waals surface area contributed by atoms with Gasteiger partial charge in [-0.15, -0.1) is 0 Å². The average Bonchev–Trinajstić information content (AvgIpc) is 2.88. The van der Waals surface area contributed by atoms with Gasteiger partial charge in [-0.25, -0.2) is 0 Å². The maximum Gasteiger partial charge on any atom is -0.00517 e. The first kappa shape index (κ1) is 12.2. The lowest BCUT2D eigenvalue weighted by Crippen LogP contribution is -1.90. The lowest BCUT2D eigenvalue weighted by molar-refractivity contribution is 0.779. The van der Waals surface area contributed by atoms with Gasteiger partial charge in [0.1, 0.15) is 0 Å². The number of allylic oxidation sites excluding steroid dienone is 1. The Balaban J connectivity index is 1.92. The highest BCUT2D eigenvalue weighted by molar-refractivity contribution is 5.77. The van der Waals surface area contributed by atoms with Gasteiger partial charge < -0.3 is 0 Å². The summed E-state index contributed by atoms with van der Waals surface area (Å²) in [6.45, 7) is 2.26. The maximum absolute atomic E-state index is 2.40. The largest absolute Gasteiger partial charge is 0.0654 e. The van der Waals surface area contributed by atoms with Crippen molar-refractivity contribution in [2.24, 2.45) is 0 Å². The normalized spacial score (nSPS) is 13.2. The van der Waals surface area contributed by atoms with Crippen LogP contribution in [-0.4, -0.2) is 0 Å². The van der Waals surface area contributed by atoms with E-state index in [1.54, 1.807) is 5.57 Å². The molecule has 2 aromatic carbocycles. The smallest absolute Gasteiger partial charge is 0.00517 e. The Kier molecular flexibility index (Phi) is 3.50. The third kappa shape index (κ3) is 2.49. The number of hydrogen-bond acceptors (Lipinski definition) is 0. The fourth-order valence-corrected chi connectivity index (χ4v) is 2.89. The van der Waals surface area contributed by atoms with Gasteiger partial charge in [0.05, 0.1) is 0 Å². The minimum Gasteiger partial charge on any atom is -0.0654 e. The first-order valence-corrected chi connectivity index (χ1v) is 7.25. The van der Waals surface area contributed by atoms with Crippen LogP contribution in [0.3, 0.4) is 0 Å². The molecule has 0 heterocycles. The van der Waals surface area contributed by atoms with Gasteiger partial charge in [0.25, 0.3) is 0 Å².